The molecule has 1 N–H and O–H groups in total. The van der Waals surface area contributed by atoms with Crippen molar-refractivity contribution in [1.82, 2.24) is 8.87 Å². The van der Waals surface area contributed by atoms with Gasteiger partial charge in [0.1, 0.15) is 5.82 Å². The topological polar surface area (TPSA) is 96.7 Å². The van der Waals surface area contributed by atoms with Crippen LogP contribution in [0.3, 0.4) is 0 Å². The van der Waals surface area contributed by atoms with Crippen LogP contribution in [0.4, 0.5) is 4.39 Å². The number of aromatic nitrogens is 1. The number of carbonyl (C=O) groups is 2. The van der Waals surface area contributed by atoms with Gasteiger partial charge >= 0.3 is 0 Å². The van der Waals surface area contributed by atoms with Crippen LogP contribution in [-0.2, 0) is 21.2 Å². The average Bonchev–Trinajstić information content (AvgIpc) is 3.32. The molecule has 0 fully saturated rings. The van der Waals surface area contributed by atoms with Gasteiger partial charge in [-0.25, -0.2) is 16.8 Å². The summed E-state index contributed by atoms with van der Waals surface area (Å²) in [4.78, 5) is 26.4. The van der Waals surface area contributed by atoms with Crippen molar-refractivity contribution in [2.24, 2.45) is 0 Å². The van der Waals surface area contributed by atoms with Crippen LogP contribution >= 0.6 is 0 Å². The van der Waals surface area contributed by atoms with Crippen molar-refractivity contribution in [3.8, 4) is 0 Å². The summed E-state index contributed by atoms with van der Waals surface area (Å²) in [6.07, 6.45) is 2.67. The van der Waals surface area contributed by atoms with E-state index in [9.17, 15) is 27.5 Å². The van der Waals surface area contributed by atoms with Crippen molar-refractivity contribution in [2.75, 3.05) is 13.6 Å². The third kappa shape index (κ3) is 3.82. The van der Waals surface area contributed by atoms with E-state index >= 15 is 0 Å². The van der Waals surface area contributed by atoms with Crippen molar-refractivity contribution >= 4 is 21.7 Å². The Labute approximate surface area is 184 Å². The second-order valence-corrected chi connectivity index (χ2v) is 9.31. The molecule has 164 valence electrons. The molecule has 1 aliphatic heterocycles. The minimum atomic E-state index is -3.98. The van der Waals surface area contributed by atoms with E-state index in [1.54, 1.807) is 18.2 Å². The smallest absolute Gasteiger partial charge is 0.289 e. The lowest BCUT2D eigenvalue weighted by Crippen LogP contribution is -2.22. The molecule has 9 heteroatoms. The molecule has 2 aromatic carbocycles. The Kier molecular flexibility index (Phi) is 5.43. The van der Waals surface area contributed by atoms with E-state index in [2.05, 4.69) is 0 Å². The Bertz CT molecular complexity index is 1340. The highest BCUT2D eigenvalue weighted by Gasteiger charge is 2.34. The van der Waals surface area contributed by atoms with Gasteiger partial charge in [0.25, 0.3) is 15.9 Å². The van der Waals surface area contributed by atoms with Crippen LogP contribution in [0.15, 0.2) is 83.2 Å². The molecule has 0 spiro atoms. The van der Waals surface area contributed by atoms with Crippen LogP contribution < -0.4 is 0 Å². The number of carbonyl (C=O) groups excluding carboxylic acids is 2. The summed E-state index contributed by atoms with van der Waals surface area (Å²) in [5, 5.41) is 10.1. The SMILES string of the molecule is CN1CC(C(=O)c2cn(S(=O)(=O)c3ccccc3)cc2Cc2ccc(F)cc2)=C(O)C1=O. The minimum Gasteiger partial charge on any atom is -0.503 e. The predicted octanol–water partition coefficient (Wildman–Crippen LogP) is 2.92. The number of benzene rings is 2. The van der Waals surface area contributed by atoms with Gasteiger partial charge in [-0.1, -0.05) is 30.3 Å². The van der Waals surface area contributed by atoms with Crippen LogP contribution in [0.1, 0.15) is 21.5 Å². The molecule has 2 heterocycles. The Hall–Kier alpha value is -3.72. The molecule has 32 heavy (non-hydrogen) atoms. The number of amides is 1. The van der Waals surface area contributed by atoms with E-state index in [1.807, 2.05) is 0 Å². The maximum atomic E-state index is 13.3. The van der Waals surface area contributed by atoms with Gasteiger partial charge in [0.15, 0.2) is 11.5 Å². The zero-order valence-corrected chi connectivity index (χ0v) is 17.8. The van der Waals surface area contributed by atoms with Gasteiger partial charge in [0, 0.05) is 25.0 Å². The second-order valence-electron chi connectivity index (χ2n) is 7.47. The number of nitrogens with zero attached hydrogens (tertiary/aromatic N) is 2. The fraction of sp³-hybridized carbons (Fsp3) is 0.130. The standard InChI is InChI=1S/C23H19FN2O5S/c1-25-13-20(22(28)23(25)29)21(27)19-14-26(32(30,31)18-5-3-2-4-6-18)12-16(19)11-15-7-9-17(24)10-8-15/h2-10,12,14,28H,11,13H2,1H3. The quantitative estimate of drug-likeness (QED) is 0.578. The third-order valence-corrected chi connectivity index (χ3v) is 6.89. The Morgan fingerprint density at radius 3 is 2.31 bits per heavy atom. The molecule has 1 aliphatic rings. The largest absolute Gasteiger partial charge is 0.503 e. The lowest BCUT2D eigenvalue weighted by atomic mass is 9.98. The molecule has 7 nitrogen and oxygen atoms in total. The van der Waals surface area contributed by atoms with E-state index in [-0.39, 0.29) is 29.0 Å². The maximum absolute atomic E-state index is 13.3. The molecular weight excluding hydrogens is 435 g/mol. The van der Waals surface area contributed by atoms with Crippen molar-refractivity contribution in [3.63, 3.8) is 0 Å². The number of Topliss-reactive ketones (excluding diaryl/α,β-unsaturated/α-hetero) is 1. The number of halogens is 1. The molecule has 0 aliphatic carbocycles. The van der Waals surface area contributed by atoms with Gasteiger partial charge in [0.05, 0.1) is 17.0 Å². The van der Waals surface area contributed by atoms with Crippen molar-refractivity contribution < 1.29 is 27.5 Å². The third-order valence-electron chi connectivity index (χ3n) is 5.26. The van der Waals surface area contributed by atoms with Crippen LogP contribution in [0.25, 0.3) is 0 Å². The molecule has 0 atom stereocenters. The molecule has 0 saturated carbocycles. The minimum absolute atomic E-state index is 0.0403. The Balaban J connectivity index is 1.81. The summed E-state index contributed by atoms with van der Waals surface area (Å²) >= 11 is 0. The van der Waals surface area contributed by atoms with Gasteiger partial charge in [0.2, 0.25) is 0 Å². The molecule has 0 bridgehead atoms. The number of aliphatic hydroxyl groups is 1. The molecule has 3 aromatic rings. The first-order valence-electron chi connectivity index (χ1n) is 9.66. The normalized spacial score (nSPS) is 14.3. The monoisotopic (exact) mass is 454 g/mol. The highest BCUT2D eigenvalue weighted by atomic mass is 32.2. The van der Waals surface area contributed by atoms with Crippen molar-refractivity contribution in [1.29, 1.82) is 0 Å². The fourth-order valence-corrected chi connectivity index (χ4v) is 4.78. The number of ketones is 1. The van der Waals surface area contributed by atoms with Gasteiger partial charge in [-0.05, 0) is 41.8 Å². The average molecular weight is 454 g/mol. The number of rotatable bonds is 6. The number of hydrogen-bond donors (Lipinski definition) is 1. The van der Waals surface area contributed by atoms with E-state index in [0.29, 0.717) is 11.1 Å². The van der Waals surface area contributed by atoms with E-state index in [0.717, 1.165) is 3.97 Å². The number of aliphatic hydroxyl groups excluding tert-OH is 1. The van der Waals surface area contributed by atoms with Gasteiger partial charge in [-0.3, -0.25) is 9.59 Å². The number of likely N-dealkylation sites (N-methyl/N-ethyl adjacent to an activating group) is 1. The van der Waals surface area contributed by atoms with Gasteiger partial charge in [-0.15, -0.1) is 0 Å². The molecule has 0 saturated heterocycles. The van der Waals surface area contributed by atoms with Gasteiger partial charge < -0.3 is 10.0 Å². The van der Waals surface area contributed by atoms with Crippen LogP contribution in [0.2, 0.25) is 0 Å². The van der Waals surface area contributed by atoms with Crippen LogP contribution in [-0.4, -0.2) is 47.7 Å². The first kappa shape index (κ1) is 21.5. The zero-order chi connectivity index (χ0) is 23.0. The number of hydrogen-bond acceptors (Lipinski definition) is 5. The lowest BCUT2D eigenvalue weighted by Gasteiger charge is -2.07. The van der Waals surface area contributed by atoms with Crippen LogP contribution in [0.5, 0.6) is 0 Å². The highest BCUT2D eigenvalue weighted by Crippen LogP contribution is 2.26. The van der Waals surface area contributed by atoms with Crippen molar-refractivity contribution in [3.05, 3.63) is 101 Å². The van der Waals surface area contributed by atoms with Crippen molar-refractivity contribution in [2.45, 2.75) is 11.3 Å². The predicted molar refractivity (Wildman–Crippen MR) is 114 cm³/mol. The molecule has 0 unspecified atom stereocenters. The molecular formula is C23H19FN2O5S. The molecule has 1 amide bonds. The summed E-state index contributed by atoms with van der Waals surface area (Å²) < 4.78 is 40.4. The fourth-order valence-electron chi connectivity index (χ4n) is 3.53. The van der Waals surface area contributed by atoms with Gasteiger partial charge in [-0.2, -0.15) is 0 Å². The first-order chi connectivity index (χ1) is 15.2. The molecule has 1 aromatic heterocycles. The first-order valence-corrected chi connectivity index (χ1v) is 11.1. The lowest BCUT2D eigenvalue weighted by molar-refractivity contribution is -0.126. The van der Waals surface area contributed by atoms with E-state index in [4.69, 9.17) is 0 Å². The summed E-state index contributed by atoms with van der Waals surface area (Å²) in [6, 6.07) is 13.4. The zero-order valence-electron chi connectivity index (χ0n) is 17.0. The second kappa shape index (κ2) is 8.08. The molecule has 4 rings (SSSR count). The Morgan fingerprint density at radius 1 is 1.06 bits per heavy atom. The van der Waals surface area contributed by atoms with E-state index < -0.39 is 33.3 Å². The summed E-state index contributed by atoms with van der Waals surface area (Å²) in [7, 11) is -2.54. The maximum Gasteiger partial charge on any atom is 0.289 e. The summed E-state index contributed by atoms with van der Waals surface area (Å²) in [5.74, 6) is -2.38. The highest BCUT2D eigenvalue weighted by molar-refractivity contribution is 7.90. The molecule has 0 radical (unpaired) electrons. The van der Waals surface area contributed by atoms with Crippen LogP contribution in [0, 0.1) is 5.82 Å². The summed E-state index contributed by atoms with van der Waals surface area (Å²) in [5.41, 5.74) is 0.961. The Morgan fingerprint density at radius 2 is 1.72 bits per heavy atom. The summed E-state index contributed by atoms with van der Waals surface area (Å²) in [6.45, 7) is -0.0872. The van der Waals surface area contributed by atoms with E-state index in [1.165, 1.54) is 60.7 Å².